The molecule has 138 valence electrons. The molecule has 2 saturated carbocycles. The number of amides is 1. The van der Waals surface area contributed by atoms with Crippen molar-refractivity contribution in [3.8, 4) is 11.9 Å². The van der Waals surface area contributed by atoms with E-state index in [0.29, 0.717) is 18.0 Å². The quantitative estimate of drug-likeness (QED) is 0.878. The molecule has 0 atom stereocenters. The van der Waals surface area contributed by atoms with Crippen LogP contribution in [-0.2, 0) is 11.3 Å². The van der Waals surface area contributed by atoms with E-state index in [0.717, 1.165) is 31.2 Å². The summed E-state index contributed by atoms with van der Waals surface area (Å²) in [6.45, 7) is 0.471. The van der Waals surface area contributed by atoms with Gasteiger partial charge >= 0.3 is 6.09 Å². The Morgan fingerprint density at radius 3 is 2.63 bits per heavy atom. The summed E-state index contributed by atoms with van der Waals surface area (Å²) in [5.41, 5.74) is 1.73. The van der Waals surface area contributed by atoms with Crippen molar-refractivity contribution in [3.05, 3.63) is 59.8 Å². The van der Waals surface area contributed by atoms with Crippen LogP contribution in [0, 0.1) is 16.7 Å². The molecule has 2 aliphatic rings. The summed E-state index contributed by atoms with van der Waals surface area (Å²) in [6.07, 6.45) is 4.91. The SMILES string of the molecule is N#Cc1cccnc1OC1CC2(CC(OC(=O)NCc3ccccc3)C2)C1. The third kappa shape index (κ3) is 3.87. The zero-order chi connectivity index (χ0) is 18.7. The van der Waals surface area contributed by atoms with Crippen LogP contribution in [0.1, 0.15) is 36.8 Å². The van der Waals surface area contributed by atoms with Crippen molar-refractivity contribution in [2.45, 2.75) is 44.4 Å². The Morgan fingerprint density at radius 1 is 1.15 bits per heavy atom. The topological polar surface area (TPSA) is 84.2 Å². The average molecular weight is 363 g/mol. The smallest absolute Gasteiger partial charge is 0.407 e. The number of nitrogens with one attached hydrogen (secondary N) is 1. The van der Waals surface area contributed by atoms with Crippen molar-refractivity contribution >= 4 is 6.09 Å². The predicted molar refractivity (Wildman–Crippen MR) is 97.8 cm³/mol. The molecule has 2 fully saturated rings. The summed E-state index contributed by atoms with van der Waals surface area (Å²) in [5.74, 6) is 0.410. The van der Waals surface area contributed by atoms with E-state index in [-0.39, 0.29) is 23.7 Å². The van der Waals surface area contributed by atoms with Gasteiger partial charge in [-0.1, -0.05) is 30.3 Å². The van der Waals surface area contributed by atoms with Gasteiger partial charge in [0.1, 0.15) is 23.8 Å². The lowest BCUT2D eigenvalue weighted by atomic mass is 9.53. The highest BCUT2D eigenvalue weighted by Crippen LogP contribution is 2.57. The third-order valence-electron chi connectivity index (χ3n) is 5.37. The van der Waals surface area contributed by atoms with Gasteiger partial charge in [0.15, 0.2) is 0 Å². The molecule has 1 heterocycles. The van der Waals surface area contributed by atoms with Gasteiger partial charge in [-0.25, -0.2) is 9.78 Å². The van der Waals surface area contributed by atoms with Gasteiger partial charge in [0.2, 0.25) is 5.88 Å². The van der Waals surface area contributed by atoms with Crippen LogP contribution >= 0.6 is 0 Å². The number of nitrogens with zero attached hydrogens (tertiary/aromatic N) is 2. The minimum atomic E-state index is -0.363. The van der Waals surface area contributed by atoms with Crippen LogP contribution in [0.2, 0.25) is 0 Å². The Bertz CT molecular complexity index is 848. The summed E-state index contributed by atoms with van der Waals surface area (Å²) in [7, 11) is 0. The number of pyridine rings is 1. The number of alkyl carbamates (subject to hydrolysis) is 1. The number of ether oxygens (including phenoxy) is 2. The van der Waals surface area contributed by atoms with Gasteiger partial charge in [0.05, 0.1) is 0 Å². The number of aromatic nitrogens is 1. The first-order chi connectivity index (χ1) is 13.2. The number of rotatable bonds is 5. The van der Waals surface area contributed by atoms with Crippen molar-refractivity contribution in [3.63, 3.8) is 0 Å². The zero-order valence-electron chi connectivity index (χ0n) is 14.9. The van der Waals surface area contributed by atoms with Crippen molar-refractivity contribution < 1.29 is 14.3 Å². The Morgan fingerprint density at radius 2 is 1.89 bits per heavy atom. The number of carbonyl (C=O) groups is 1. The standard InChI is InChI=1S/C21H21N3O3/c22-13-16-7-4-8-23-19(16)26-17-9-21(10-17)11-18(12-21)27-20(25)24-14-15-5-2-1-3-6-15/h1-8,17-18H,9-12,14H2,(H,24,25). The molecule has 1 amide bonds. The molecule has 6 nitrogen and oxygen atoms in total. The van der Waals surface area contributed by atoms with Gasteiger partial charge in [-0.3, -0.25) is 0 Å². The lowest BCUT2D eigenvalue weighted by Gasteiger charge is -2.56. The van der Waals surface area contributed by atoms with Crippen LogP contribution in [-0.4, -0.2) is 23.3 Å². The summed E-state index contributed by atoms with van der Waals surface area (Å²) in [5, 5.41) is 11.9. The van der Waals surface area contributed by atoms with Crippen molar-refractivity contribution in [2.24, 2.45) is 5.41 Å². The molecule has 1 aromatic carbocycles. The summed E-state index contributed by atoms with van der Waals surface area (Å²) in [6, 6.07) is 15.3. The number of nitriles is 1. The van der Waals surface area contributed by atoms with Gasteiger partial charge in [-0.05, 0) is 48.8 Å². The maximum atomic E-state index is 11.9. The second-order valence-electron chi connectivity index (χ2n) is 7.39. The van der Waals surface area contributed by atoms with Crippen LogP contribution in [0.15, 0.2) is 48.7 Å². The monoisotopic (exact) mass is 363 g/mol. The zero-order valence-corrected chi connectivity index (χ0v) is 14.9. The van der Waals surface area contributed by atoms with Crippen LogP contribution in [0.4, 0.5) is 4.79 Å². The van der Waals surface area contributed by atoms with Gasteiger partial charge in [-0.15, -0.1) is 0 Å². The van der Waals surface area contributed by atoms with E-state index in [1.807, 2.05) is 30.3 Å². The molecular weight excluding hydrogens is 342 g/mol. The minimum absolute atomic E-state index is 0.0220. The first-order valence-electron chi connectivity index (χ1n) is 9.16. The fourth-order valence-corrected chi connectivity index (χ4v) is 4.00. The van der Waals surface area contributed by atoms with E-state index in [1.54, 1.807) is 18.3 Å². The Balaban J connectivity index is 1.17. The van der Waals surface area contributed by atoms with Crippen LogP contribution < -0.4 is 10.1 Å². The first-order valence-corrected chi connectivity index (χ1v) is 9.16. The summed E-state index contributed by atoms with van der Waals surface area (Å²) >= 11 is 0. The highest BCUT2D eigenvalue weighted by Gasteiger charge is 2.55. The van der Waals surface area contributed by atoms with Gasteiger partial charge in [-0.2, -0.15) is 5.26 Å². The van der Waals surface area contributed by atoms with Gasteiger partial charge in [0, 0.05) is 12.7 Å². The molecule has 0 radical (unpaired) electrons. The molecule has 0 saturated heterocycles. The predicted octanol–water partition coefficient (Wildman–Crippen LogP) is 3.57. The van der Waals surface area contributed by atoms with Gasteiger partial charge in [0.25, 0.3) is 0 Å². The summed E-state index contributed by atoms with van der Waals surface area (Å²) < 4.78 is 11.3. The molecule has 0 aliphatic heterocycles. The fourth-order valence-electron chi connectivity index (χ4n) is 4.00. The Kier molecular flexibility index (Phi) is 4.68. The maximum Gasteiger partial charge on any atom is 0.407 e. The van der Waals surface area contributed by atoms with Crippen LogP contribution in [0.25, 0.3) is 0 Å². The van der Waals surface area contributed by atoms with Crippen molar-refractivity contribution in [1.82, 2.24) is 10.3 Å². The van der Waals surface area contributed by atoms with Gasteiger partial charge < -0.3 is 14.8 Å². The molecule has 0 bridgehead atoms. The van der Waals surface area contributed by atoms with E-state index in [1.165, 1.54) is 0 Å². The second kappa shape index (κ2) is 7.28. The largest absolute Gasteiger partial charge is 0.473 e. The molecular formula is C21H21N3O3. The Hall–Kier alpha value is -3.07. The molecule has 2 aromatic rings. The normalized spacial score (nSPS) is 25.6. The molecule has 0 unspecified atom stereocenters. The van der Waals surface area contributed by atoms with E-state index >= 15 is 0 Å². The van der Waals surface area contributed by atoms with Crippen molar-refractivity contribution in [1.29, 1.82) is 5.26 Å². The number of benzene rings is 1. The molecule has 27 heavy (non-hydrogen) atoms. The van der Waals surface area contributed by atoms with E-state index < -0.39 is 0 Å². The van der Waals surface area contributed by atoms with Crippen molar-refractivity contribution in [2.75, 3.05) is 0 Å². The summed E-state index contributed by atoms with van der Waals surface area (Å²) in [4.78, 5) is 16.1. The minimum Gasteiger partial charge on any atom is -0.473 e. The van der Waals surface area contributed by atoms with E-state index in [9.17, 15) is 4.79 Å². The second-order valence-corrected chi connectivity index (χ2v) is 7.39. The molecule has 1 spiro atoms. The average Bonchev–Trinajstić information content (AvgIpc) is 2.64. The van der Waals surface area contributed by atoms with E-state index in [2.05, 4.69) is 16.4 Å². The highest BCUT2D eigenvalue weighted by molar-refractivity contribution is 5.67. The Labute approximate surface area is 158 Å². The molecule has 1 aromatic heterocycles. The molecule has 1 N–H and O–H groups in total. The number of hydrogen-bond donors (Lipinski definition) is 1. The lowest BCUT2D eigenvalue weighted by Crippen LogP contribution is -2.55. The van der Waals surface area contributed by atoms with E-state index in [4.69, 9.17) is 14.7 Å². The van der Waals surface area contributed by atoms with Crippen LogP contribution in [0.5, 0.6) is 5.88 Å². The number of hydrogen-bond acceptors (Lipinski definition) is 5. The third-order valence-corrected chi connectivity index (χ3v) is 5.37. The lowest BCUT2D eigenvalue weighted by molar-refractivity contribution is -0.133. The molecule has 6 heteroatoms. The first kappa shape index (κ1) is 17.3. The number of carbonyl (C=O) groups excluding carboxylic acids is 1. The molecule has 2 aliphatic carbocycles. The fraction of sp³-hybridized carbons (Fsp3) is 0.381. The highest BCUT2D eigenvalue weighted by atomic mass is 16.6. The molecule has 4 rings (SSSR count). The van der Waals surface area contributed by atoms with Crippen LogP contribution in [0.3, 0.4) is 0 Å². The maximum absolute atomic E-state index is 11.9.